The van der Waals surface area contributed by atoms with Crippen LogP contribution in [-0.2, 0) is 11.3 Å². The number of benzene rings is 1. The van der Waals surface area contributed by atoms with Gasteiger partial charge in [-0.25, -0.2) is 8.78 Å². The van der Waals surface area contributed by atoms with Crippen molar-refractivity contribution in [3.8, 4) is 0 Å². The number of hydrogen-bond acceptors (Lipinski definition) is 3. The molecular weight excluding hydrogens is 336 g/mol. The quantitative estimate of drug-likeness (QED) is 0.873. The lowest BCUT2D eigenvalue weighted by Crippen LogP contribution is -2.45. The highest BCUT2D eigenvalue weighted by atomic mass is 19.2. The Bertz CT molecular complexity index is 679. The van der Waals surface area contributed by atoms with E-state index in [0.717, 1.165) is 64.3 Å². The van der Waals surface area contributed by atoms with Gasteiger partial charge in [0.05, 0.1) is 6.54 Å². The molecule has 2 saturated heterocycles. The van der Waals surface area contributed by atoms with Gasteiger partial charge in [-0.3, -0.25) is 14.6 Å². The van der Waals surface area contributed by atoms with Crippen LogP contribution in [0.5, 0.6) is 0 Å². The van der Waals surface area contributed by atoms with Crippen LogP contribution in [0.2, 0.25) is 0 Å². The van der Waals surface area contributed by atoms with E-state index in [-0.39, 0.29) is 11.3 Å². The van der Waals surface area contributed by atoms with Crippen molar-refractivity contribution >= 4 is 5.91 Å². The predicted molar refractivity (Wildman–Crippen MR) is 95.5 cm³/mol. The number of piperidine rings is 1. The van der Waals surface area contributed by atoms with Crippen LogP contribution < -0.4 is 5.32 Å². The molecule has 1 aromatic rings. The van der Waals surface area contributed by atoms with E-state index in [0.29, 0.717) is 24.7 Å². The van der Waals surface area contributed by atoms with Crippen LogP contribution in [-0.4, -0.2) is 54.5 Å². The molecule has 0 bridgehead atoms. The lowest BCUT2D eigenvalue weighted by Gasteiger charge is -2.40. The van der Waals surface area contributed by atoms with Crippen molar-refractivity contribution in [2.75, 3.05) is 32.7 Å². The van der Waals surface area contributed by atoms with Gasteiger partial charge >= 0.3 is 0 Å². The highest BCUT2D eigenvalue weighted by molar-refractivity contribution is 5.78. The van der Waals surface area contributed by atoms with Crippen molar-refractivity contribution in [1.82, 2.24) is 15.1 Å². The first kappa shape index (κ1) is 17.9. The summed E-state index contributed by atoms with van der Waals surface area (Å²) >= 11 is 0. The molecule has 26 heavy (non-hydrogen) atoms. The second kappa shape index (κ2) is 7.24. The SMILES string of the molecule is O=C(CN1CC[C@@]2(CCCN(Cc3cccc(F)c3F)C2)C1)NC1CC1. The molecule has 1 saturated carbocycles. The van der Waals surface area contributed by atoms with Gasteiger partial charge in [0, 0.05) is 31.2 Å². The second-order valence-corrected chi connectivity index (χ2v) is 8.33. The minimum absolute atomic E-state index is 0.138. The number of nitrogens with one attached hydrogen (secondary N) is 1. The fourth-order valence-corrected chi connectivity index (χ4v) is 4.56. The molecule has 2 heterocycles. The lowest BCUT2D eigenvalue weighted by molar-refractivity contribution is -0.122. The Labute approximate surface area is 153 Å². The lowest BCUT2D eigenvalue weighted by atomic mass is 9.79. The van der Waals surface area contributed by atoms with E-state index in [1.54, 1.807) is 12.1 Å². The van der Waals surface area contributed by atoms with Crippen LogP contribution in [0.15, 0.2) is 18.2 Å². The zero-order chi connectivity index (χ0) is 18.1. The molecule has 1 spiro atoms. The third-order valence-corrected chi connectivity index (χ3v) is 5.99. The van der Waals surface area contributed by atoms with Crippen LogP contribution in [0.25, 0.3) is 0 Å². The van der Waals surface area contributed by atoms with Crippen molar-refractivity contribution in [1.29, 1.82) is 0 Å². The number of hydrogen-bond donors (Lipinski definition) is 1. The first-order valence-corrected chi connectivity index (χ1v) is 9.70. The van der Waals surface area contributed by atoms with Crippen molar-refractivity contribution in [3.63, 3.8) is 0 Å². The van der Waals surface area contributed by atoms with Gasteiger partial charge in [-0.2, -0.15) is 0 Å². The van der Waals surface area contributed by atoms with Gasteiger partial charge < -0.3 is 5.32 Å². The maximum atomic E-state index is 14.0. The molecule has 1 N–H and O–H groups in total. The number of amides is 1. The molecule has 1 aliphatic carbocycles. The van der Waals surface area contributed by atoms with Gasteiger partial charge in [0.15, 0.2) is 11.6 Å². The standard InChI is InChI=1S/C20H27F2N3O/c21-17-4-1-3-15(19(17)22)11-24-9-2-7-20(13-24)8-10-25(14-20)12-18(26)23-16-5-6-16/h1,3-4,16H,2,5-14H2,(H,23,26)/t20-/m1/s1. The predicted octanol–water partition coefficient (Wildman–Crippen LogP) is 2.53. The summed E-state index contributed by atoms with van der Waals surface area (Å²) in [5, 5.41) is 3.06. The number of nitrogens with zero attached hydrogens (tertiary/aromatic N) is 2. The molecular formula is C20H27F2N3O. The Morgan fingerprint density at radius 1 is 1.15 bits per heavy atom. The molecule has 142 valence electrons. The summed E-state index contributed by atoms with van der Waals surface area (Å²) in [6.45, 7) is 4.61. The van der Waals surface area contributed by atoms with Crippen LogP contribution in [0.1, 0.15) is 37.7 Å². The van der Waals surface area contributed by atoms with E-state index in [9.17, 15) is 13.6 Å². The maximum absolute atomic E-state index is 14.0. The average molecular weight is 363 g/mol. The normalized spacial score (nSPS) is 27.2. The summed E-state index contributed by atoms with van der Waals surface area (Å²) in [6, 6.07) is 4.81. The van der Waals surface area contributed by atoms with Gasteiger partial charge in [-0.05, 0) is 56.7 Å². The van der Waals surface area contributed by atoms with Gasteiger partial charge in [0.25, 0.3) is 0 Å². The largest absolute Gasteiger partial charge is 0.352 e. The molecule has 0 aromatic heterocycles. The molecule has 4 rings (SSSR count). The summed E-state index contributed by atoms with van der Waals surface area (Å²) in [5.41, 5.74) is 0.614. The maximum Gasteiger partial charge on any atom is 0.234 e. The summed E-state index contributed by atoms with van der Waals surface area (Å²) in [4.78, 5) is 16.6. The molecule has 3 fully saturated rings. The summed E-state index contributed by atoms with van der Waals surface area (Å²) in [7, 11) is 0. The zero-order valence-electron chi connectivity index (χ0n) is 15.1. The second-order valence-electron chi connectivity index (χ2n) is 8.33. The van der Waals surface area contributed by atoms with Gasteiger partial charge in [-0.15, -0.1) is 0 Å². The summed E-state index contributed by atoms with van der Waals surface area (Å²) < 4.78 is 27.4. The molecule has 1 amide bonds. The van der Waals surface area contributed by atoms with E-state index in [1.807, 2.05) is 0 Å². The molecule has 1 aromatic carbocycles. The molecule has 3 aliphatic rings. The number of rotatable bonds is 5. The van der Waals surface area contributed by atoms with E-state index in [1.165, 1.54) is 0 Å². The van der Waals surface area contributed by atoms with E-state index < -0.39 is 11.6 Å². The number of likely N-dealkylation sites (tertiary alicyclic amines) is 2. The molecule has 0 radical (unpaired) electrons. The van der Waals surface area contributed by atoms with Crippen LogP contribution >= 0.6 is 0 Å². The first-order chi connectivity index (χ1) is 12.5. The molecule has 0 unspecified atom stereocenters. The average Bonchev–Trinajstić information content (AvgIpc) is 3.34. The third kappa shape index (κ3) is 4.07. The molecule has 6 heteroatoms. The molecule has 4 nitrogen and oxygen atoms in total. The fourth-order valence-electron chi connectivity index (χ4n) is 4.56. The van der Waals surface area contributed by atoms with Crippen LogP contribution in [0.3, 0.4) is 0 Å². The topological polar surface area (TPSA) is 35.6 Å². The van der Waals surface area contributed by atoms with Gasteiger partial charge in [0.1, 0.15) is 0 Å². The Kier molecular flexibility index (Phi) is 4.97. The zero-order valence-corrected chi connectivity index (χ0v) is 15.1. The number of carbonyl (C=O) groups excluding carboxylic acids is 1. The van der Waals surface area contributed by atoms with Gasteiger partial charge in [-0.1, -0.05) is 12.1 Å². The summed E-state index contributed by atoms with van der Waals surface area (Å²) in [5.74, 6) is -1.36. The van der Waals surface area contributed by atoms with Crippen LogP contribution in [0.4, 0.5) is 8.78 Å². The van der Waals surface area contributed by atoms with E-state index >= 15 is 0 Å². The fraction of sp³-hybridized carbons (Fsp3) is 0.650. The number of carbonyl (C=O) groups is 1. The van der Waals surface area contributed by atoms with Gasteiger partial charge in [0.2, 0.25) is 5.91 Å². The highest BCUT2D eigenvalue weighted by Gasteiger charge is 2.41. The minimum atomic E-state index is -0.775. The minimum Gasteiger partial charge on any atom is -0.352 e. The Morgan fingerprint density at radius 2 is 1.96 bits per heavy atom. The third-order valence-electron chi connectivity index (χ3n) is 5.99. The highest BCUT2D eigenvalue weighted by Crippen LogP contribution is 2.39. The monoisotopic (exact) mass is 363 g/mol. The van der Waals surface area contributed by atoms with E-state index in [2.05, 4.69) is 15.1 Å². The number of halogens is 2. The van der Waals surface area contributed by atoms with Crippen molar-refractivity contribution < 1.29 is 13.6 Å². The Balaban J connectivity index is 1.34. The Hall–Kier alpha value is -1.53. The smallest absolute Gasteiger partial charge is 0.234 e. The van der Waals surface area contributed by atoms with E-state index in [4.69, 9.17) is 0 Å². The Morgan fingerprint density at radius 3 is 2.77 bits per heavy atom. The first-order valence-electron chi connectivity index (χ1n) is 9.70. The summed E-state index contributed by atoms with van der Waals surface area (Å²) in [6.07, 6.45) is 5.52. The molecule has 1 atom stereocenters. The van der Waals surface area contributed by atoms with Crippen molar-refractivity contribution in [3.05, 3.63) is 35.4 Å². The van der Waals surface area contributed by atoms with Crippen molar-refractivity contribution in [2.24, 2.45) is 5.41 Å². The molecule has 2 aliphatic heterocycles. The van der Waals surface area contributed by atoms with Crippen molar-refractivity contribution in [2.45, 2.75) is 44.7 Å². The van der Waals surface area contributed by atoms with Crippen LogP contribution in [0, 0.1) is 17.0 Å².